The fourth-order valence-corrected chi connectivity index (χ4v) is 2.11. The molecule has 0 aromatic carbocycles. The molecule has 1 aromatic heterocycles. The van der Waals surface area contributed by atoms with E-state index in [0.29, 0.717) is 24.5 Å². The molecule has 2 unspecified atom stereocenters. The van der Waals surface area contributed by atoms with Gasteiger partial charge >= 0.3 is 0 Å². The van der Waals surface area contributed by atoms with E-state index in [0.717, 1.165) is 0 Å². The molecule has 2 N–H and O–H groups in total. The third-order valence-electron chi connectivity index (χ3n) is 3.12. The summed E-state index contributed by atoms with van der Waals surface area (Å²) in [5.41, 5.74) is 0.592. The standard InChI is InChI=1S/C14H21N3O3/c1-9(2)20-14-11(5-4-6-15-14)17-13(18)12-7-10(19-3)8-16-12/h4-6,9-10,12,16H,7-8H2,1-3H3,(H,17,18). The molecule has 1 amide bonds. The molecule has 0 radical (unpaired) electrons. The van der Waals surface area contributed by atoms with E-state index in [9.17, 15) is 4.79 Å². The summed E-state index contributed by atoms with van der Waals surface area (Å²) < 4.78 is 10.8. The van der Waals surface area contributed by atoms with Crippen LogP contribution in [0.5, 0.6) is 5.88 Å². The number of hydrogen-bond acceptors (Lipinski definition) is 5. The highest BCUT2D eigenvalue weighted by molar-refractivity contribution is 5.96. The molecule has 1 fully saturated rings. The van der Waals surface area contributed by atoms with Crippen LogP contribution in [-0.4, -0.2) is 42.8 Å². The molecule has 2 heterocycles. The molecule has 1 aromatic rings. The molecule has 6 heteroatoms. The van der Waals surface area contributed by atoms with Gasteiger partial charge in [-0.3, -0.25) is 4.79 Å². The van der Waals surface area contributed by atoms with Gasteiger partial charge < -0.3 is 20.1 Å². The first-order valence-corrected chi connectivity index (χ1v) is 6.79. The van der Waals surface area contributed by atoms with Gasteiger partial charge in [0.05, 0.1) is 18.2 Å². The van der Waals surface area contributed by atoms with Crippen molar-refractivity contribution in [3.05, 3.63) is 18.3 Å². The summed E-state index contributed by atoms with van der Waals surface area (Å²) in [6.45, 7) is 4.53. The molecule has 0 saturated carbocycles. The van der Waals surface area contributed by atoms with E-state index in [2.05, 4.69) is 15.6 Å². The second kappa shape index (κ2) is 6.67. The Kier molecular flexibility index (Phi) is 4.92. The normalized spacial score (nSPS) is 22.0. The topological polar surface area (TPSA) is 72.5 Å². The molecule has 1 aliphatic rings. The van der Waals surface area contributed by atoms with Crippen LogP contribution in [0.1, 0.15) is 20.3 Å². The Labute approximate surface area is 118 Å². The van der Waals surface area contributed by atoms with Gasteiger partial charge in [-0.05, 0) is 32.4 Å². The summed E-state index contributed by atoms with van der Waals surface area (Å²) in [6.07, 6.45) is 2.40. The number of nitrogens with one attached hydrogen (secondary N) is 2. The predicted octanol–water partition coefficient (Wildman–Crippen LogP) is 1.18. The molecular formula is C14H21N3O3. The largest absolute Gasteiger partial charge is 0.473 e. The highest BCUT2D eigenvalue weighted by Crippen LogP contribution is 2.22. The number of hydrogen-bond donors (Lipinski definition) is 2. The maximum absolute atomic E-state index is 12.2. The SMILES string of the molecule is COC1CNC(C(=O)Nc2cccnc2OC(C)C)C1. The average molecular weight is 279 g/mol. The number of ether oxygens (including phenoxy) is 2. The van der Waals surface area contributed by atoms with E-state index in [4.69, 9.17) is 9.47 Å². The van der Waals surface area contributed by atoms with Gasteiger partial charge in [-0.15, -0.1) is 0 Å². The molecule has 0 aliphatic carbocycles. The monoisotopic (exact) mass is 279 g/mol. The number of rotatable bonds is 5. The summed E-state index contributed by atoms with van der Waals surface area (Å²) in [5.74, 6) is 0.350. The van der Waals surface area contributed by atoms with Crippen molar-refractivity contribution >= 4 is 11.6 Å². The smallest absolute Gasteiger partial charge is 0.241 e. The lowest BCUT2D eigenvalue weighted by molar-refractivity contribution is -0.118. The second-order valence-electron chi connectivity index (χ2n) is 5.07. The third-order valence-corrected chi connectivity index (χ3v) is 3.12. The Morgan fingerprint density at radius 1 is 1.55 bits per heavy atom. The highest BCUT2D eigenvalue weighted by atomic mass is 16.5. The summed E-state index contributed by atoms with van der Waals surface area (Å²) in [5, 5.41) is 6.00. The second-order valence-corrected chi connectivity index (χ2v) is 5.07. The molecule has 2 atom stereocenters. The molecule has 20 heavy (non-hydrogen) atoms. The minimum Gasteiger partial charge on any atom is -0.473 e. The van der Waals surface area contributed by atoms with E-state index >= 15 is 0 Å². The van der Waals surface area contributed by atoms with Gasteiger partial charge in [0.15, 0.2) is 0 Å². The van der Waals surface area contributed by atoms with Crippen molar-refractivity contribution in [2.45, 2.75) is 38.5 Å². The van der Waals surface area contributed by atoms with Gasteiger partial charge in [-0.2, -0.15) is 0 Å². The molecule has 6 nitrogen and oxygen atoms in total. The number of methoxy groups -OCH3 is 1. The Bertz CT molecular complexity index is 465. The maximum atomic E-state index is 12.2. The van der Waals surface area contributed by atoms with E-state index in [1.807, 2.05) is 13.8 Å². The Balaban J connectivity index is 2.01. The van der Waals surface area contributed by atoms with Gasteiger partial charge in [-0.25, -0.2) is 4.98 Å². The van der Waals surface area contributed by atoms with Crippen molar-refractivity contribution in [1.29, 1.82) is 0 Å². The van der Waals surface area contributed by atoms with Crippen LogP contribution in [-0.2, 0) is 9.53 Å². The van der Waals surface area contributed by atoms with Crippen LogP contribution < -0.4 is 15.4 Å². The number of pyridine rings is 1. The number of anilines is 1. The van der Waals surface area contributed by atoms with Crippen LogP contribution in [0.3, 0.4) is 0 Å². The molecule has 110 valence electrons. The van der Waals surface area contributed by atoms with Crippen LogP contribution in [0.15, 0.2) is 18.3 Å². The first kappa shape index (κ1) is 14.7. The van der Waals surface area contributed by atoms with Gasteiger partial charge in [-0.1, -0.05) is 0 Å². The Hall–Kier alpha value is -1.66. The summed E-state index contributed by atoms with van der Waals surface area (Å²) in [4.78, 5) is 16.3. The Morgan fingerprint density at radius 2 is 2.35 bits per heavy atom. The van der Waals surface area contributed by atoms with E-state index in [1.165, 1.54) is 0 Å². The molecule has 0 spiro atoms. The predicted molar refractivity (Wildman–Crippen MR) is 75.8 cm³/mol. The zero-order chi connectivity index (χ0) is 14.5. The van der Waals surface area contributed by atoms with Crippen molar-refractivity contribution in [2.24, 2.45) is 0 Å². The average Bonchev–Trinajstić information content (AvgIpc) is 2.89. The third kappa shape index (κ3) is 3.68. The van der Waals surface area contributed by atoms with Gasteiger partial charge in [0.25, 0.3) is 0 Å². The van der Waals surface area contributed by atoms with Crippen molar-refractivity contribution in [3.63, 3.8) is 0 Å². The van der Waals surface area contributed by atoms with Gasteiger partial charge in [0, 0.05) is 19.9 Å². The molecule has 1 aliphatic heterocycles. The van der Waals surface area contributed by atoms with Crippen LogP contribution >= 0.6 is 0 Å². The summed E-state index contributed by atoms with van der Waals surface area (Å²) in [6, 6.07) is 3.31. The van der Waals surface area contributed by atoms with Crippen molar-refractivity contribution in [3.8, 4) is 5.88 Å². The molecule has 0 bridgehead atoms. The maximum Gasteiger partial charge on any atom is 0.241 e. The van der Waals surface area contributed by atoms with Crippen LogP contribution in [0, 0.1) is 0 Å². The number of amides is 1. The zero-order valence-corrected chi connectivity index (χ0v) is 12.1. The van der Waals surface area contributed by atoms with Crippen molar-refractivity contribution in [2.75, 3.05) is 19.0 Å². The first-order chi connectivity index (χ1) is 9.60. The first-order valence-electron chi connectivity index (χ1n) is 6.79. The van der Waals surface area contributed by atoms with E-state index in [-0.39, 0.29) is 24.2 Å². The van der Waals surface area contributed by atoms with Gasteiger partial charge in [0.2, 0.25) is 11.8 Å². The van der Waals surface area contributed by atoms with Crippen LogP contribution in [0.25, 0.3) is 0 Å². The lowest BCUT2D eigenvalue weighted by Gasteiger charge is -2.15. The minimum atomic E-state index is -0.243. The zero-order valence-electron chi connectivity index (χ0n) is 12.1. The number of nitrogens with zero attached hydrogens (tertiary/aromatic N) is 1. The Morgan fingerprint density at radius 3 is 3.00 bits per heavy atom. The molecular weight excluding hydrogens is 258 g/mol. The van der Waals surface area contributed by atoms with Crippen molar-refractivity contribution < 1.29 is 14.3 Å². The summed E-state index contributed by atoms with van der Waals surface area (Å²) in [7, 11) is 1.66. The van der Waals surface area contributed by atoms with E-state index in [1.54, 1.807) is 25.4 Å². The van der Waals surface area contributed by atoms with Crippen LogP contribution in [0.4, 0.5) is 5.69 Å². The summed E-state index contributed by atoms with van der Waals surface area (Å²) >= 11 is 0. The van der Waals surface area contributed by atoms with Crippen LogP contribution in [0.2, 0.25) is 0 Å². The minimum absolute atomic E-state index is 0.00281. The molecule has 2 rings (SSSR count). The highest BCUT2D eigenvalue weighted by Gasteiger charge is 2.29. The van der Waals surface area contributed by atoms with Crippen molar-refractivity contribution in [1.82, 2.24) is 10.3 Å². The lowest BCUT2D eigenvalue weighted by atomic mass is 10.2. The fraction of sp³-hybridized carbons (Fsp3) is 0.571. The fourth-order valence-electron chi connectivity index (χ4n) is 2.11. The quantitative estimate of drug-likeness (QED) is 0.847. The number of aromatic nitrogens is 1. The lowest BCUT2D eigenvalue weighted by Crippen LogP contribution is -2.35. The van der Waals surface area contributed by atoms with Gasteiger partial charge in [0.1, 0.15) is 5.69 Å². The molecule has 1 saturated heterocycles. The number of carbonyl (C=O) groups excluding carboxylic acids is 1. The van der Waals surface area contributed by atoms with E-state index < -0.39 is 0 Å². The number of carbonyl (C=O) groups is 1.